The molecule has 0 atom stereocenters. The summed E-state index contributed by atoms with van der Waals surface area (Å²) in [6.07, 6.45) is 2.73. The molecule has 124 valence electrons. The Kier molecular flexibility index (Phi) is 4.98. The molecule has 1 aromatic carbocycles. The number of piperidine rings is 1. The minimum atomic E-state index is -0.0161. The standard InChI is InChI=1S/C18H24N2O3/c1-19(9-4-12-21)15-7-10-20(11-8-15)18(22)17-13-14-5-2-3-6-16(14)23-17/h2-3,5-6,13,15,21H,4,7-12H2,1H3. The first-order chi connectivity index (χ1) is 11.2. The molecule has 0 radical (unpaired) electrons. The molecule has 1 N–H and O–H groups in total. The molecule has 5 nitrogen and oxygen atoms in total. The summed E-state index contributed by atoms with van der Waals surface area (Å²) < 4.78 is 5.68. The van der Waals surface area contributed by atoms with E-state index < -0.39 is 0 Å². The molecule has 1 fully saturated rings. The predicted octanol–water partition coefficient (Wildman–Crippen LogP) is 2.35. The number of hydrogen-bond donors (Lipinski definition) is 1. The van der Waals surface area contributed by atoms with E-state index in [2.05, 4.69) is 11.9 Å². The molecule has 5 heteroatoms. The molecular formula is C18H24N2O3. The molecule has 2 heterocycles. The normalized spacial score (nSPS) is 16.4. The highest BCUT2D eigenvalue weighted by Gasteiger charge is 2.27. The number of aliphatic hydroxyl groups excluding tert-OH is 1. The Hall–Kier alpha value is -1.85. The van der Waals surface area contributed by atoms with Crippen LogP contribution in [0.1, 0.15) is 29.8 Å². The highest BCUT2D eigenvalue weighted by atomic mass is 16.3. The molecular weight excluding hydrogens is 292 g/mol. The molecule has 1 aromatic heterocycles. The second kappa shape index (κ2) is 7.15. The van der Waals surface area contributed by atoms with Crippen LogP contribution in [0.5, 0.6) is 0 Å². The number of nitrogens with zero attached hydrogens (tertiary/aromatic N) is 2. The van der Waals surface area contributed by atoms with Crippen molar-refractivity contribution in [2.75, 3.05) is 33.3 Å². The Morgan fingerprint density at radius 3 is 2.78 bits per heavy atom. The average molecular weight is 316 g/mol. The van der Waals surface area contributed by atoms with Crippen LogP contribution in [0.2, 0.25) is 0 Å². The fourth-order valence-corrected chi connectivity index (χ4v) is 3.26. The third kappa shape index (κ3) is 3.57. The monoisotopic (exact) mass is 316 g/mol. The van der Waals surface area contributed by atoms with Crippen LogP contribution in [-0.4, -0.2) is 60.1 Å². The van der Waals surface area contributed by atoms with E-state index in [0.717, 1.165) is 49.9 Å². The fraction of sp³-hybridized carbons (Fsp3) is 0.500. The molecule has 0 saturated carbocycles. The van der Waals surface area contributed by atoms with Gasteiger partial charge in [0.1, 0.15) is 5.58 Å². The van der Waals surface area contributed by atoms with Crippen molar-refractivity contribution in [2.24, 2.45) is 0 Å². The van der Waals surface area contributed by atoms with Crippen molar-refractivity contribution in [1.29, 1.82) is 0 Å². The lowest BCUT2D eigenvalue weighted by atomic mass is 10.0. The van der Waals surface area contributed by atoms with Crippen molar-refractivity contribution in [2.45, 2.75) is 25.3 Å². The first kappa shape index (κ1) is 16.0. The number of carbonyl (C=O) groups is 1. The molecule has 0 unspecified atom stereocenters. The summed E-state index contributed by atoms with van der Waals surface area (Å²) in [6.45, 7) is 2.64. The lowest BCUT2D eigenvalue weighted by molar-refractivity contribution is 0.0613. The van der Waals surface area contributed by atoms with Gasteiger partial charge in [0.05, 0.1) is 0 Å². The predicted molar refractivity (Wildman–Crippen MR) is 89.5 cm³/mol. The molecule has 1 aliphatic rings. The number of fused-ring (bicyclic) bond motifs is 1. The van der Waals surface area contributed by atoms with Crippen molar-refractivity contribution in [3.05, 3.63) is 36.1 Å². The van der Waals surface area contributed by atoms with E-state index in [9.17, 15) is 4.79 Å². The number of likely N-dealkylation sites (tertiary alicyclic amines) is 1. The topological polar surface area (TPSA) is 56.9 Å². The third-order valence-corrected chi connectivity index (χ3v) is 4.68. The van der Waals surface area contributed by atoms with Crippen LogP contribution in [0.3, 0.4) is 0 Å². The van der Waals surface area contributed by atoms with Gasteiger partial charge in [-0.2, -0.15) is 0 Å². The highest BCUT2D eigenvalue weighted by Crippen LogP contribution is 2.22. The maximum Gasteiger partial charge on any atom is 0.289 e. The first-order valence-electron chi connectivity index (χ1n) is 8.28. The smallest absolute Gasteiger partial charge is 0.289 e. The van der Waals surface area contributed by atoms with Gasteiger partial charge >= 0.3 is 0 Å². The summed E-state index contributed by atoms with van der Waals surface area (Å²) in [4.78, 5) is 16.8. The van der Waals surface area contributed by atoms with E-state index in [0.29, 0.717) is 11.8 Å². The Bertz CT molecular complexity index is 626. The van der Waals surface area contributed by atoms with Crippen LogP contribution in [-0.2, 0) is 0 Å². The number of amides is 1. The summed E-state index contributed by atoms with van der Waals surface area (Å²) in [5, 5.41) is 9.89. The number of rotatable bonds is 5. The Balaban J connectivity index is 1.59. The van der Waals surface area contributed by atoms with Gasteiger partial charge in [-0.05, 0) is 38.4 Å². The molecule has 23 heavy (non-hydrogen) atoms. The molecule has 1 aliphatic heterocycles. The van der Waals surface area contributed by atoms with Gasteiger partial charge in [-0.15, -0.1) is 0 Å². The van der Waals surface area contributed by atoms with Crippen molar-refractivity contribution >= 4 is 16.9 Å². The number of furan rings is 1. The Labute approximate surface area is 136 Å². The quantitative estimate of drug-likeness (QED) is 0.920. The van der Waals surface area contributed by atoms with Crippen LogP contribution >= 0.6 is 0 Å². The van der Waals surface area contributed by atoms with Crippen LogP contribution < -0.4 is 0 Å². The van der Waals surface area contributed by atoms with E-state index >= 15 is 0 Å². The number of hydrogen-bond acceptors (Lipinski definition) is 4. The fourth-order valence-electron chi connectivity index (χ4n) is 3.26. The number of aliphatic hydroxyl groups is 1. The Morgan fingerprint density at radius 2 is 2.09 bits per heavy atom. The van der Waals surface area contributed by atoms with Crippen LogP contribution in [0, 0.1) is 0 Å². The summed E-state index contributed by atoms with van der Waals surface area (Å²) in [5.74, 6) is 0.413. The van der Waals surface area contributed by atoms with E-state index in [4.69, 9.17) is 9.52 Å². The van der Waals surface area contributed by atoms with Crippen molar-refractivity contribution in [3.8, 4) is 0 Å². The molecule has 2 aromatic rings. The first-order valence-corrected chi connectivity index (χ1v) is 8.28. The van der Waals surface area contributed by atoms with Crippen molar-refractivity contribution in [3.63, 3.8) is 0 Å². The van der Waals surface area contributed by atoms with E-state index in [1.807, 2.05) is 35.2 Å². The zero-order valence-corrected chi connectivity index (χ0v) is 13.6. The van der Waals surface area contributed by atoms with Gasteiger partial charge in [0, 0.05) is 37.7 Å². The number of carbonyl (C=O) groups excluding carboxylic acids is 1. The second-order valence-electron chi connectivity index (χ2n) is 6.23. The molecule has 0 spiro atoms. The van der Waals surface area contributed by atoms with Gasteiger partial charge in [-0.1, -0.05) is 18.2 Å². The second-order valence-corrected chi connectivity index (χ2v) is 6.23. The molecule has 3 rings (SSSR count). The molecule has 1 saturated heterocycles. The van der Waals surface area contributed by atoms with Gasteiger partial charge in [0.15, 0.2) is 5.76 Å². The van der Waals surface area contributed by atoms with Gasteiger partial charge < -0.3 is 19.3 Å². The van der Waals surface area contributed by atoms with E-state index in [1.54, 1.807) is 0 Å². The van der Waals surface area contributed by atoms with E-state index in [1.165, 1.54) is 0 Å². The lowest BCUT2D eigenvalue weighted by Gasteiger charge is -2.36. The SMILES string of the molecule is CN(CCCO)C1CCN(C(=O)c2cc3ccccc3o2)CC1. The minimum absolute atomic E-state index is 0.0161. The van der Waals surface area contributed by atoms with Crippen molar-refractivity contribution in [1.82, 2.24) is 9.80 Å². The Morgan fingerprint density at radius 1 is 1.35 bits per heavy atom. The summed E-state index contributed by atoms with van der Waals surface area (Å²) >= 11 is 0. The largest absolute Gasteiger partial charge is 0.451 e. The van der Waals surface area contributed by atoms with E-state index in [-0.39, 0.29) is 12.5 Å². The lowest BCUT2D eigenvalue weighted by Crippen LogP contribution is -2.45. The van der Waals surface area contributed by atoms with Crippen LogP contribution in [0.25, 0.3) is 11.0 Å². The summed E-state index contributed by atoms with van der Waals surface area (Å²) in [7, 11) is 2.09. The van der Waals surface area contributed by atoms with Gasteiger partial charge in [-0.3, -0.25) is 4.79 Å². The third-order valence-electron chi connectivity index (χ3n) is 4.68. The zero-order chi connectivity index (χ0) is 16.2. The molecule has 1 amide bonds. The van der Waals surface area contributed by atoms with Gasteiger partial charge in [-0.25, -0.2) is 0 Å². The number of para-hydroxylation sites is 1. The van der Waals surface area contributed by atoms with Gasteiger partial charge in [0.2, 0.25) is 0 Å². The molecule has 0 bridgehead atoms. The van der Waals surface area contributed by atoms with Crippen molar-refractivity contribution < 1.29 is 14.3 Å². The summed E-state index contributed by atoms with van der Waals surface area (Å²) in [6, 6.07) is 10.0. The highest BCUT2D eigenvalue weighted by molar-refractivity contribution is 5.96. The maximum atomic E-state index is 12.6. The minimum Gasteiger partial charge on any atom is -0.451 e. The van der Waals surface area contributed by atoms with Crippen LogP contribution in [0.15, 0.2) is 34.7 Å². The average Bonchev–Trinajstić information content (AvgIpc) is 3.03. The maximum absolute atomic E-state index is 12.6. The van der Waals surface area contributed by atoms with Crippen LogP contribution in [0.4, 0.5) is 0 Å². The zero-order valence-electron chi connectivity index (χ0n) is 13.6. The number of benzene rings is 1. The van der Waals surface area contributed by atoms with Gasteiger partial charge in [0.25, 0.3) is 5.91 Å². The summed E-state index contributed by atoms with van der Waals surface area (Å²) in [5.41, 5.74) is 0.759. The molecule has 0 aliphatic carbocycles.